The van der Waals surface area contributed by atoms with E-state index in [0.29, 0.717) is 12.3 Å². The number of nitrogens with zero attached hydrogens (tertiary/aromatic N) is 1. The summed E-state index contributed by atoms with van der Waals surface area (Å²) in [6.07, 6.45) is 0. The molecule has 5 nitrogen and oxygen atoms in total. The Morgan fingerprint density at radius 2 is 1.50 bits per heavy atom. The van der Waals surface area contributed by atoms with E-state index in [1.54, 1.807) is 11.8 Å². The molecule has 0 unspecified atom stereocenters. The molecule has 32 heavy (non-hydrogen) atoms. The molecule has 1 atom stereocenters. The summed E-state index contributed by atoms with van der Waals surface area (Å²) in [5, 5.41) is 2.97. The predicted octanol–water partition coefficient (Wildman–Crippen LogP) is 5.00. The van der Waals surface area contributed by atoms with Crippen molar-refractivity contribution in [3.05, 3.63) is 65.2 Å². The summed E-state index contributed by atoms with van der Waals surface area (Å²) in [7, 11) is 0. The second-order valence-electron chi connectivity index (χ2n) is 10.5. The molecular weight excluding hydrogens is 400 g/mol. The largest absolute Gasteiger partial charge is 0.484 e. The van der Waals surface area contributed by atoms with E-state index in [0.717, 1.165) is 11.1 Å². The Bertz CT molecular complexity index is 904. The molecule has 2 amide bonds. The molecular formula is C27H38N2O3. The van der Waals surface area contributed by atoms with Gasteiger partial charge in [0.05, 0.1) is 0 Å². The highest BCUT2D eigenvalue weighted by Crippen LogP contribution is 2.24. The van der Waals surface area contributed by atoms with Crippen molar-refractivity contribution >= 4 is 11.8 Å². The second-order valence-corrected chi connectivity index (χ2v) is 10.5. The molecule has 0 spiro atoms. The van der Waals surface area contributed by atoms with Crippen LogP contribution in [0, 0.1) is 6.92 Å². The van der Waals surface area contributed by atoms with Gasteiger partial charge in [0, 0.05) is 12.1 Å². The Morgan fingerprint density at radius 1 is 0.938 bits per heavy atom. The van der Waals surface area contributed by atoms with Gasteiger partial charge in [-0.2, -0.15) is 0 Å². The van der Waals surface area contributed by atoms with E-state index in [-0.39, 0.29) is 29.4 Å². The average molecular weight is 439 g/mol. The van der Waals surface area contributed by atoms with Crippen molar-refractivity contribution in [2.45, 2.75) is 78.9 Å². The van der Waals surface area contributed by atoms with E-state index in [2.05, 4.69) is 26.1 Å². The van der Waals surface area contributed by atoms with E-state index in [9.17, 15) is 9.59 Å². The van der Waals surface area contributed by atoms with Crippen LogP contribution in [0.15, 0.2) is 48.5 Å². The third-order valence-electron chi connectivity index (χ3n) is 5.22. The molecule has 0 radical (unpaired) electrons. The van der Waals surface area contributed by atoms with Gasteiger partial charge in [-0.1, -0.05) is 62.7 Å². The first-order valence-electron chi connectivity index (χ1n) is 11.2. The molecule has 174 valence electrons. The summed E-state index contributed by atoms with van der Waals surface area (Å²) in [5.41, 5.74) is 2.98. The summed E-state index contributed by atoms with van der Waals surface area (Å²) in [5.74, 6) is 0.211. The quantitative estimate of drug-likeness (QED) is 0.662. The van der Waals surface area contributed by atoms with Gasteiger partial charge in [-0.25, -0.2) is 0 Å². The van der Waals surface area contributed by atoms with Crippen molar-refractivity contribution in [2.24, 2.45) is 0 Å². The summed E-state index contributed by atoms with van der Waals surface area (Å²) < 4.78 is 5.78. The summed E-state index contributed by atoms with van der Waals surface area (Å²) in [4.78, 5) is 27.5. The highest BCUT2D eigenvalue weighted by Gasteiger charge is 2.28. The number of rotatable bonds is 7. The van der Waals surface area contributed by atoms with Crippen LogP contribution in [-0.4, -0.2) is 34.9 Å². The first-order valence-corrected chi connectivity index (χ1v) is 11.2. The first kappa shape index (κ1) is 25.4. The number of carbonyl (C=O) groups is 2. The predicted molar refractivity (Wildman–Crippen MR) is 130 cm³/mol. The van der Waals surface area contributed by atoms with Crippen molar-refractivity contribution < 1.29 is 14.3 Å². The molecule has 0 heterocycles. The van der Waals surface area contributed by atoms with Gasteiger partial charge in [-0.15, -0.1) is 0 Å². The van der Waals surface area contributed by atoms with Crippen LogP contribution in [0.1, 0.15) is 65.2 Å². The Balaban J connectivity index is 2.15. The van der Waals surface area contributed by atoms with Gasteiger partial charge in [-0.05, 0) is 63.3 Å². The van der Waals surface area contributed by atoms with Gasteiger partial charge in [-0.3, -0.25) is 9.59 Å². The molecule has 2 aromatic carbocycles. The monoisotopic (exact) mass is 438 g/mol. The van der Waals surface area contributed by atoms with E-state index in [4.69, 9.17) is 4.74 Å². The Morgan fingerprint density at radius 3 is 2.00 bits per heavy atom. The molecule has 0 aromatic heterocycles. The zero-order chi connectivity index (χ0) is 24.1. The lowest BCUT2D eigenvalue weighted by molar-refractivity contribution is -0.142. The lowest BCUT2D eigenvalue weighted by Crippen LogP contribution is -2.53. The molecule has 0 saturated heterocycles. The minimum atomic E-state index is -0.630. The molecule has 0 aliphatic rings. The van der Waals surface area contributed by atoms with E-state index >= 15 is 0 Å². The minimum absolute atomic E-state index is 0.0506. The number of amides is 2. The van der Waals surface area contributed by atoms with Gasteiger partial charge in [0.15, 0.2) is 6.61 Å². The number of hydrogen-bond donors (Lipinski definition) is 1. The van der Waals surface area contributed by atoms with Gasteiger partial charge < -0.3 is 15.0 Å². The molecule has 2 aromatic rings. The highest BCUT2D eigenvalue weighted by molar-refractivity contribution is 5.88. The van der Waals surface area contributed by atoms with Crippen molar-refractivity contribution in [3.63, 3.8) is 0 Å². The van der Waals surface area contributed by atoms with Crippen LogP contribution in [-0.2, 0) is 21.5 Å². The third kappa shape index (κ3) is 7.70. The molecule has 0 aliphatic carbocycles. The number of nitrogens with one attached hydrogen (secondary N) is 1. The van der Waals surface area contributed by atoms with Crippen LogP contribution < -0.4 is 10.1 Å². The smallest absolute Gasteiger partial charge is 0.261 e. The highest BCUT2D eigenvalue weighted by atomic mass is 16.5. The van der Waals surface area contributed by atoms with Crippen molar-refractivity contribution in [3.8, 4) is 5.75 Å². The van der Waals surface area contributed by atoms with Gasteiger partial charge >= 0.3 is 0 Å². The van der Waals surface area contributed by atoms with Crippen LogP contribution in [0.3, 0.4) is 0 Å². The lowest BCUT2D eigenvalue weighted by atomic mass is 9.87. The molecule has 1 N–H and O–H groups in total. The fraction of sp³-hybridized carbons (Fsp3) is 0.481. The molecule has 0 bridgehead atoms. The minimum Gasteiger partial charge on any atom is -0.484 e. The van der Waals surface area contributed by atoms with Crippen LogP contribution in [0.5, 0.6) is 5.75 Å². The summed E-state index contributed by atoms with van der Waals surface area (Å²) in [6.45, 7) is 16.2. The molecule has 0 saturated carbocycles. The molecule has 2 rings (SSSR count). The number of aryl methyl sites for hydroxylation is 1. The summed E-state index contributed by atoms with van der Waals surface area (Å²) >= 11 is 0. The van der Waals surface area contributed by atoms with E-state index < -0.39 is 6.04 Å². The maximum atomic E-state index is 13.1. The number of ether oxygens (including phenoxy) is 1. The van der Waals surface area contributed by atoms with Gasteiger partial charge in [0.2, 0.25) is 5.91 Å². The number of carbonyl (C=O) groups excluding carboxylic acids is 2. The van der Waals surface area contributed by atoms with Crippen molar-refractivity contribution in [2.75, 3.05) is 6.61 Å². The van der Waals surface area contributed by atoms with Crippen LogP contribution in [0.4, 0.5) is 0 Å². The zero-order valence-electron chi connectivity index (χ0n) is 20.8. The van der Waals surface area contributed by atoms with Crippen LogP contribution in [0.25, 0.3) is 0 Å². The van der Waals surface area contributed by atoms with Crippen molar-refractivity contribution in [1.29, 1.82) is 0 Å². The Labute approximate surface area is 193 Å². The lowest BCUT2D eigenvalue weighted by Gasteiger charge is -2.31. The maximum Gasteiger partial charge on any atom is 0.261 e. The first-order chi connectivity index (χ1) is 14.8. The Kier molecular flexibility index (Phi) is 8.11. The molecule has 0 aliphatic heterocycles. The average Bonchev–Trinajstić information content (AvgIpc) is 2.69. The molecule has 5 heteroatoms. The zero-order valence-corrected chi connectivity index (χ0v) is 20.8. The number of hydrogen-bond acceptors (Lipinski definition) is 3. The Hall–Kier alpha value is -2.82. The van der Waals surface area contributed by atoms with Gasteiger partial charge in [0.1, 0.15) is 11.8 Å². The third-order valence-corrected chi connectivity index (χ3v) is 5.22. The fourth-order valence-corrected chi connectivity index (χ4v) is 3.23. The topological polar surface area (TPSA) is 58.6 Å². The molecule has 0 fully saturated rings. The van der Waals surface area contributed by atoms with Gasteiger partial charge in [0.25, 0.3) is 5.91 Å². The van der Waals surface area contributed by atoms with Crippen molar-refractivity contribution in [1.82, 2.24) is 10.2 Å². The maximum absolute atomic E-state index is 13.1. The fourth-order valence-electron chi connectivity index (χ4n) is 3.23. The van der Waals surface area contributed by atoms with Crippen LogP contribution in [0.2, 0.25) is 0 Å². The number of benzene rings is 2. The SMILES string of the molecule is Cc1ccc(CN(C(=O)COc2ccc(C(C)(C)C)cc2)[C@H](C)C(=O)NC(C)(C)C)cc1. The normalized spacial score (nSPS) is 12.8. The standard InChI is InChI=1S/C27H38N2O3/c1-19-9-11-21(12-10-19)17-29(20(2)25(31)28-27(6,7)8)24(30)18-32-23-15-13-22(14-16-23)26(3,4)5/h9-16,20H,17-18H2,1-8H3,(H,28,31)/t20-/m1/s1. The second kappa shape index (κ2) is 10.2. The summed E-state index contributed by atoms with van der Waals surface area (Å²) in [6, 6.07) is 15.1. The van der Waals surface area contributed by atoms with E-state index in [1.807, 2.05) is 76.2 Å². The van der Waals surface area contributed by atoms with E-state index in [1.165, 1.54) is 5.56 Å². The van der Waals surface area contributed by atoms with Crippen LogP contribution >= 0.6 is 0 Å².